The van der Waals surface area contributed by atoms with E-state index in [1.807, 2.05) is 33.8 Å². The summed E-state index contributed by atoms with van der Waals surface area (Å²) in [6, 6.07) is 4.01. The first kappa shape index (κ1) is 28.4. The Morgan fingerprint density at radius 3 is 2.38 bits per heavy atom. The summed E-state index contributed by atoms with van der Waals surface area (Å²) in [4.78, 5) is 41.9. The monoisotopic (exact) mass is 555 g/mol. The number of anilines is 1. The molecule has 1 aromatic heterocycles. The van der Waals surface area contributed by atoms with E-state index < -0.39 is 11.3 Å². The Balaban J connectivity index is 1.21. The Kier molecular flexibility index (Phi) is 7.58. The number of aromatic nitrogens is 1. The first-order valence-corrected chi connectivity index (χ1v) is 14.4. The molecule has 40 heavy (non-hydrogen) atoms. The maximum absolute atomic E-state index is 15.8. The first-order valence-electron chi connectivity index (χ1n) is 14.4. The SMILES string of the molecule is Cc1cn(C2CCN(CC3(F)CCN(C(=O)OC(C)(C)C)CC3)CC2)c2ccc(N3CCC(=O)NC3=O)c(C)c12. The van der Waals surface area contributed by atoms with Crippen LogP contribution in [-0.2, 0) is 9.53 Å². The predicted octanol–water partition coefficient (Wildman–Crippen LogP) is 5.08. The molecule has 0 unspecified atom stereocenters. The van der Waals surface area contributed by atoms with E-state index in [9.17, 15) is 14.4 Å². The number of ether oxygens (including phenoxy) is 1. The van der Waals surface area contributed by atoms with Crippen LogP contribution in [0.15, 0.2) is 18.3 Å². The molecule has 0 atom stereocenters. The minimum atomic E-state index is -1.29. The number of benzene rings is 1. The van der Waals surface area contributed by atoms with Gasteiger partial charge in [0.25, 0.3) is 0 Å². The van der Waals surface area contributed by atoms with Crippen molar-refractivity contribution in [3.8, 4) is 0 Å². The number of nitrogens with one attached hydrogen (secondary N) is 1. The summed E-state index contributed by atoms with van der Waals surface area (Å²) < 4.78 is 23.6. The highest BCUT2D eigenvalue weighted by atomic mass is 19.1. The lowest BCUT2D eigenvalue weighted by molar-refractivity contribution is -0.120. The molecule has 10 heteroatoms. The van der Waals surface area contributed by atoms with Crippen LogP contribution in [0.4, 0.5) is 19.7 Å². The summed E-state index contributed by atoms with van der Waals surface area (Å²) in [6.07, 6.45) is 4.66. The molecule has 1 N–H and O–H groups in total. The summed E-state index contributed by atoms with van der Waals surface area (Å²) in [5, 5.41) is 3.56. The number of imide groups is 1. The number of aryl methyl sites for hydroxylation is 2. The number of halogens is 1. The van der Waals surface area contributed by atoms with Crippen LogP contribution in [-0.4, -0.2) is 82.9 Å². The fourth-order valence-corrected chi connectivity index (χ4v) is 6.46. The van der Waals surface area contributed by atoms with Crippen LogP contribution >= 0.6 is 0 Å². The summed E-state index contributed by atoms with van der Waals surface area (Å²) in [6.45, 7) is 12.8. The highest BCUT2D eigenvalue weighted by Crippen LogP contribution is 2.37. The zero-order chi connectivity index (χ0) is 28.8. The standard InChI is InChI=1S/C30H42FN5O4/c1-20-18-36(24-7-6-23(21(2)26(20)24)35-15-10-25(37)32-27(35)38)22-8-13-33(14-9-22)19-30(31)11-16-34(17-12-30)28(39)40-29(3,4)5/h6-7,18,22H,8-17,19H2,1-5H3,(H,32,37,38). The molecule has 9 nitrogen and oxygen atoms in total. The van der Waals surface area contributed by atoms with Crippen molar-refractivity contribution in [1.29, 1.82) is 0 Å². The minimum Gasteiger partial charge on any atom is -0.444 e. The molecular weight excluding hydrogens is 513 g/mol. The van der Waals surface area contributed by atoms with Crippen LogP contribution in [0.3, 0.4) is 0 Å². The molecule has 5 rings (SSSR count). The molecular formula is C30H42FN5O4. The topological polar surface area (TPSA) is 87.1 Å². The van der Waals surface area contributed by atoms with E-state index >= 15 is 4.39 Å². The normalized spacial score (nSPS) is 21.1. The molecule has 4 heterocycles. The Hall–Kier alpha value is -3.14. The number of rotatable bonds is 4. The third-order valence-electron chi connectivity index (χ3n) is 8.53. The molecule has 3 fully saturated rings. The van der Waals surface area contributed by atoms with E-state index in [1.165, 1.54) is 0 Å². The lowest BCUT2D eigenvalue weighted by Gasteiger charge is -2.41. The number of carbonyl (C=O) groups excluding carboxylic acids is 3. The van der Waals surface area contributed by atoms with Crippen molar-refractivity contribution in [1.82, 2.24) is 19.7 Å². The van der Waals surface area contributed by atoms with Gasteiger partial charge in [0.15, 0.2) is 0 Å². The van der Waals surface area contributed by atoms with Crippen LogP contribution in [0.25, 0.3) is 10.9 Å². The zero-order valence-corrected chi connectivity index (χ0v) is 24.4. The van der Waals surface area contributed by atoms with Gasteiger partial charge in [0, 0.05) is 87.4 Å². The van der Waals surface area contributed by atoms with Gasteiger partial charge in [-0.05, 0) is 70.7 Å². The van der Waals surface area contributed by atoms with E-state index in [2.05, 4.69) is 34.0 Å². The van der Waals surface area contributed by atoms with Crippen LogP contribution in [0.2, 0.25) is 0 Å². The number of hydrogen-bond acceptors (Lipinski definition) is 5. The average molecular weight is 556 g/mol. The molecule has 0 saturated carbocycles. The summed E-state index contributed by atoms with van der Waals surface area (Å²) in [7, 11) is 0. The summed E-state index contributed by atoms with van der Waals surface area (Å²) >= 11 is 0. The lowest BCUT2D eigenvalue weighted by Crippen LogP contribution is -2.51. The molecule has 0 spiro atoms. The van der Waals surface area contributed by atoms with Gasteiger partial charge in [-0.3, -0.25) is 15.0 Å². The van der Waals surface area contributed by atoms with Crippen molar-refractivity contribution in [2.45, 2.75) is 84.0 Å². The van der Waals surface area contributed by atoms with Crippen LogP contribution in [0.1, 0.15) is 70.0 Å². The number of likely N-dealkylation sites (tertiary alicyclic amines) is 2. The summed E-state index contributed by atoms with van der Waals surface area (Å²) in [5.74, 6) is -0.237. The Bertz CT molecular complexity index is 1300. The number of fused-ring (bicyclic) bond motifs is 1. The molecule has 0 bridgehead atoms. The number of carbonyl (C=O) groups is 3. The number of amides is 4. The molecule has 0 aliphatic carbocycles. The van der Waals surface area contributed by atoms with Crippen LogP contribution in [0.5, 0.6) is 0 Å². The van der Waals surface area contributed by atoms with E-state index in [4.69, 9.17) is 4.74 Å². The molecule has 4 amide bonds. The number of piperidine rings is 2. The second-order valence-corrected chi connectivity index (χ2v) is 12.7. The maximum Gasteiger partial charge on any atom is 0.410 e. The Morgan fingerprint density at radius 2 is 1.75 bits per heavy atom. The van der Waals surface area contributed by atoms with Gasteiger partial charge in [-0.1, -0.05) is 0 Å². The van der Waals surface area contributed by atoms with Crippen molar-refractivity contribution >= 4 is 34.6 Å². The molecule has 3 saturated heterocycles. The lowest BCUT2D eigenvalue weighted by atomic mass is 9.91. The molecule has 2 aromatic rings. The highest BCUT2D eigenvalue weighted by molar-refractivity contribution is 6.07. The van der Waals surface area contributed by atoms with Crippen LogP contribution in [0, 0.1) is 13.8 Å². The first-order chi connectivity index (χ1) is 18.8. The molecule has 3 aliphatic rings. The third-order valence-corrected chi connectivity index (χ3v) is 8.53. The minimum absolute atomic E-state index is 0.237. The smallest absolute Gasteiger partial charge is 0.410 e. The highest BCUT2D eigenvalue weighted by Gasteiger charge is 2.39. The van der Waals surface area contributed by atoms with E-state index in [1.54, 1.807) is 9.80 Å². The average Bonchev–Trinajstić information content (AvgIpc) is 3.21. The van der Waals surface area contributed by atoms with Gasteiger partial charge in [0.05, 0.1) is 0 Å². The Morgan fingerprint density at radius 1 is 1.07 bits per heavy atom. The molecule has 218 valence electrons. The van der Waals surface area contributed by atoms with Gasteiger partial charge >= 0.3 is 12.1 Å². The fraction of sp³-hybridized carbons (Fsp3) is 0.633. The van der Waals surface area contributed by atoms with Crippen molar-refractivity contribution in [3.63, 3.8) is 0 Å². The number of urea groups is 1. The van der Waals surface area contributed by atoms with Gasteiger partial charge in [0.1, 0.15) is 11.3 Å². The van der Waals surface area contributed by atoms with Gasteiger partial charge < -0.3 is 19.1 Å². The number of hydrogen-bond donors (Lipinski definition) is 1. The molecule has 3 aliphatic heterocycles. The zero-order valence-electron chi connectivity index (χ0n) is 24.4. The van der Waals surface area contributed by atoms with Crippen molar-refractivity contribution in [2.75, 3.05) is 44.2 Å². The number of alkyl halides is 1. The van der Waals surface area contributed by atoms with Crippen molar-refractivity contribution in [2.24, 2.45) is 0 Å². The molecule has 1 aromatic carbocycles. The second-order valence-electron chi connectivity index (χ2n) is 12.7. The van der Waals surface area contributed by atoms with Gasteiger partial charge in [-0.25, -0.2) is 14.0 Å². The van der Waals surface area contributed by atoms with E-state index in [0.29, 0.717) is 51.5 Å². The second kappa shape index (κ2) is 10.7. The third kappa shape index (κ3) is 5.82. The van der Waals surface area contributed by atoms with Gasteiger partial charge in [0.2, 0.25) is 5.91 Å². The van der Waals surface area contributed by atoms with Gasteiger partial charge in [-0.2, -0.15) is 0 Å². The van der Waals surface area contributed by atoms with E-state index in [-0.39, 0.29) is 18.0 Å². The largest absolute Gasteiger partial charge is 0.444 e. The maximum atomic E-state index is 15.8. The van der Waals surface area contributed by atoms with Crippen LogP contribution < -0.4 is 10.2 Å². The quantitative estimate of drug-likeness (QED) is 0.569. The Labute approximate surface area is 235 Å². The van der Waals surface area contributed by atoms with Crippen molar-refractivity contribution < 1.29 is 23.5 Å². The van der Waals surface area contributed by atoms with Crippen molar-refractivity contribution in [3.05, 3.63) is 29.5 Å². The fourth-order valence-electron chi connectivity index (χ4n) is 6.46. The number of nitrogens with zero attached hydrogens (tertiary/aromatic N) is 4. The predicted molar refractivity (Wildman–Crippen MR) is 153 cm³/mol. The summed E-state index contributed by atoms with van der Waals surface area (Å²) in [5.41, 5.74) is 2.32. The van der Waals surface area contributed by atoms with Gasteiger partial charge in [-0.15, -0.1) is 0 Å². The molecule has 0 radical (unpaired) electrons. The van der Waals surface area contributed by atoms with E-state index in [0.717, 1.165) is 53.6 Å².